The van der Waals surface area contributed by atoms with Crippen LogP contribution in [0, 0.1) is 19.8 Å². The molecule has 0 heterocycles. The van der Waals surface area contributed by atoms with Gasteiger partial charge in [0, 0.05) is 18.1 Å². The second kappa shape index (κ2) is 13.9. The number of sulfonamides is 1. The maximum Gasteiger partial charge on any atom is 0.264 e. The summed E-state index contributed by atoms with van der Waals surface area (Å²) in [6.07, 6.45) is 0. The highest BCUT2D eigenvalue weighted by Gasteiger charge is 2.34. The van der Waals surface area contributed by atoms with Gasteiger partial charge >= 0.3 is 0 Å². The first kappa shape index (κ1) is 32.0. The van der Waals surface area contributed by atoms with Gasteiger partial charge in [0.05, 0.1) is 17.7 Å². The molecule has 1 N–H and O–H groups in total. The number of ether oxygens (including phenoxy) is 1. The zero-order chi connectivity index (χ0) is 30.3. The minimum absolute atomic E-state index is 0.00565. The lowest BCUT2D eigenvalue weighted by Gasteiger charge is -2.32. The molecule has 0 bridgehead atoms. The van der Waals surface area contributed by atoms with Gasteiger partial charge in [-0.15, -0.1) is 0 Å². The molecule has 0 aromatic heterocycles. The van der Waals surface area contributed by atoms with Crippen LogP contribution in [0.4, 0.5) is 5.69 Å². The number of nitrogens with one attached hydrogen (secondary N) is 1. The van der Waals surface area contributed by atoms with Gasteiger partial charge < -0.3 is 15.0 Å². The molecule has 3 aromatic carbocycles. The zero-order valence-electron chi connectivity index (χ0n) is 24.3. The molecule has 0 saturated heterocycles. The monoisotopic (exact) mass is 599 g/mol. The van der Waals surface area contributed by atoms with E-state index in [9.17, 15) is 18.0 Å². The second-order valence-electron chi connectivity index (χ2n) is 10.4. The summed E-state index contributed by atoms with van der Waals surface area (Å²) < 4.78 is 34.6. The van der Waals surface area contributed by atoms with Gasteiger partial charge in [-0.2, -0.15) is 0 Å². The summed E-state index contributed by atoms with van der Waals surface area (Å²) in [5, 5.41) is 3.16. The highest BCUT2D eigenvalue weighted by molar-refractivity contribution is 7.92. The molecule has 220 valence electrons. The van der Waals surface area contributed by atoms with Crippen LogP contribution in [-0.2, 0) is 26.2 Å². The minimum atomic E-state index is -4.25. The van der Waals surface area contributed by atoms with E-state index in [1.165, 1.54) is 30.2 Å². The predicted octanol–water partition coefficient (Wildman–Crippen LogP) is 5.35. The van der Waals surface area contributed by atoms with E-state index in [2.05, 4.69) is 5.32 Å². The fourth-order valence-corrected chi connectivity index (χ4v) is 5.80. The molecule has 2 amide bonds. The minimum Gasteiger partial charge on any atom is -0.495 e. The fourth-order valence-electron chi connectivity index (χ4n) is 4.21. The Morgan fingerprint density at radius 1 is 0.976 bits per heavy atom. The van der Waals surface area contributed by atoms with Crippen molar-refractivity contribution >= 4 is 39.1 Å². The van der Waals surface area contributed by atoms with Crippen LogP contribution in [0.15, 0.2) is 71.6 Å². The van der Waals surface area contributed by atoms with Crippen molar-refractivity contribution in [2.75, 3.05) is 24.5 Å². The average molecular weight is 600 g/mol. The molecule has 8 nitrogen and oxygen atoms in total. The van der Waals surface area contributed by atoms with Crippen LogP contribution < -0.4 is 14.4 Å². The normalized spacial score (nSPS) is 12.1. The molecule has 0 saturated carbocycles. The summed E-state index contributed by atoms with van der Waals surface area (Å²) >= 11 is 6.29. The van der Waals surface area contributed by atoms with Crippen LogP contribution in [0.5, 0.6) is 5.75 Å². The lowest BCUT2D eigenvalue weighted by Crippen LogP contribution is -2.51. The first-order valence-corrected chi connectivity index (χ1v) is 15.2. The van der Waals surface area contributed by atoms with Gasteiger partial charge in [0.15, 0.2) is 0 Å². The van der Waals surface area contributed by atoms with Gasteiger partial charge in [-0.3, -0.25) is 13.9 Å². The highest BCUT2D eigenvalue weighted by atomic mass is 35.5. The van der Waals surface area contributed by atoms with Crippen molar-refractivity contribution in [2.45, 2.75) is 52.1 Å². The summed E-state index contributed by atoms with van der Waals surface area (Å²) in [6, 6.07) is 17.6. The number of carbonyl (C=O) groups is 2. The summed E-state index contributed by atoms with van der Waals surface area (Å²) in [7, 11) is -2.84. The van der Waals surface area contributed by atoms with E-state index >= 15 is 0 Å². The maximum absolute atomic E-state index is 14.1. The molecule has 0 aliphatic rings. The van der Waals surface area contributed by atoms with Gasteiger partial charge in [-0.1, -0.05) is 67.4 Å². The van der Waals surface area contributed by atoms with Crippen LogP contribution in [-0.4, -0.2) is 51.4 Å². The number of amides is 2. The summed E-state index contributed by atoms with van der Waals surface area (Å²) in [5.41, 5.74) is 2.79. The number of hydrogen-bond acceptors (Lipinski definition) is 5. The Bertz CT molecular complexity index is 1480. The van der Waals surface area contributed by atoms with Crippen molar-refractivity contribution in [1.82, 2.24) is 10.2 Å². The number of anilines is 1. The lowest BCUT2D eigenvalue weighted by molar-refractivity contribution is -0.139. The van der Waals surface area contributed by atoms with Crippen molar-refractivity contribution < 1.29 is 22.7 Å². The van der Waals surface area contributed by atoms with Crippen molar-refractivity contribution in [3.8, 4) is 5.75 Å². The first-order valence-electron chi connectivity index (χ1n) is 13.4. The Balaban J connectivity index is 2.09. The van der Waals surface area contributed by atoms with E-state index in [4.69, 9.17) is 16.3 Å². The lowest BCUT2D eigenvalue weighted by atomic mass is 10.1. The molecule has 3 rings (SSSR count). The molecule has 10 heteroatoms. The van der Waals surface area contributed by atoms with Crippen LogP contribution in [0.3, 0.4) is 0 Å². The van der Waals surface area contributed by atoms with E-state index < -0.39 is 28.5 Å². The summed E-state index contributed by atoms with van der Waals surface area (Å²) in [6.45, 7) is 9.36. The molecule has 0 spiro atoms. The van der Waals surface area contributed by atoms with E-state index in [0.29, 0.717) is 6.54 Å². The standard InChI is InChI=1S/C31H38ClN3O5S/c1-21(2)18-33-31(37)24(5)34(19-25-10-8-7-9-23(25)4)30(36)20-35(28-17-26(32)13-16-29(28)40-6)41(38,39)27-14-11-22(3)12-15-27/h7-17,21,24H,18-20H2,1-6H3,(H,33,37)/t24-/m0/s1. The quantitative estimate of drug-likeness (QED) is 0.303. The van der Waals surface area contributed by atoms with E-state index in [0.717, 1.165) is 21.0 Å². The van der Waals surface area contributed by atoms with Gasteiger partial charge in [-0.25, -0.2) is 8.42 Å². The van der Waals surface area contributed by atoms with Gasteiger partial charge in [-0.05, 0) is 68.1 Å². The molecular weight excluding hydrogens is 562 g/mol. The third-order valence-corrected chi connectivity index (χ3v) is 8.76. The third-order valence-electron chi connectivity index (χ3n) is 6.75. The van der Waals surface area contributed by atoms with Crippen molar-refractivity contribution in [2.24, 2.45) is 5.92 Å². The van der Waals surface area contributed by atoms with E-state index in [1.54, 1.807) is 31.2 Å². The Labute approximate surface area is 248 Å². The third kappa shape index (κ3) is 8.01. The number of hydrogen-bond donors (Lipinski definition) is 1. The number of benzene rings is 3. The Morgan fingerprint density at radius 2 is 1.63 bits per heavy atom. The number of halogens is 1. The first-order chi connectivity index (χ1) is 19.3. The Hall–Kier alpha value is -3.56. The van der Waals surface area contributed by atoms with Gasteiger partial charge in [0.2, 0.25) is 11.8 Å². The van der Waals surface area contributed by atoms with E-state index in [1.807, 2.05) is 52.0 Å². The SMILES string of the molecule is COc1ccc(Cl)cc1N(CC(=O)N(Cc1ccccc1C)[C@@H](C)C(=O)NCC(C)C)S(=O)(=O)c1ccc(C)cc1. The van der Waals surface area contributed by atoms with Gasteiger partial charge in [0.25, 0.3) is 10.0 Å². The number of methoxy groups -OCH3 is 1. The van der Waals surface area contributed by atoms with Crippen molar-refractivity contribution in [1.29, 1.82) is 0 Å². The predicted molar refractivity (Wildman–Crippen MR) is 163 cm³/mol. The van der Waals surface area contributed by atoms with Crippen LogP contribution in [0.25, 0.3) is 0 Å². The molecule has 3 aromatic rings. The van der Waals surface area contributed by atoms with Crippen molar-refractivity contribution in [3.05, 3.63) is 88.4 Å². The molecule has 0 aliphatic heterocycles. The topological polar surface area (TPSA) is 96.0 Å². The Kier molecular flexibility index (Phi) is 10.8. The zero-order valence-corrected chi connectivity index (χ0v) is 25.9. The van der Waals surface area contributed by atoms with Crippen LogP contribution in [0.2, 0.25) is 5.02 Å². The number of rotatable bonds is 12. The molecular formula is C31H38ClN3O5S. The fraction of sp³-hybridized carbons (Fsp3) is 0.355. The largest absolute Gasteiger partial charge is 0.495 e. The summed E-state index contributed by atoms with van der Waals surface area (Å²) in [4.78, 5) is 28.7. The van der Waals surface area contributed by atoms with E-state index in [-0.39, 0.29) is 39.7 Å². The molecule has 0 fully saturated rings. The number of carbonyl (C=O) groups excluding carboxylic acids is 2. The van der Waals surface area contributed by atoms with Gasteiger partial charge in [0.1, 0.15) is 18.3 Å². The molecule has 1 atom stereocenters. The molecule has 0 radical (unpaired) electrons. The second-order valence-corrected chi connectivity index (χ2v) is 12.7. The number of aryl methyl sites for hydroxylation is 2. The summed E-state index contributed by atoms with van der Waals surface area (Å²) in [5.74, 6) is -0.435. The smallest absolute Gasteiger partial charge is 0.264 e. The van der Waals surface area contributed by atoms with Crippen LogP contribution in [0.1, 0.15) is 37.5 Å². The molecule has 0 unspecified atom stereocenters. The van der Waals surface area contributed by atoms with Crippen molar-refractivity contribution in [3.63, 3.8) is 0 Å². The molecule has 0 aliphatic carbocycles. The van der Waals surface area contributed by atoms with Crippen LogP contribution >= 0.6 is 11.6 Å². The molecule has 41 heavy (non-hydrogen) atoms. The maximum atomic E-state index is 14.1. The average Bonchev–Trinajstić information content (AvgIpc) is 2.93. The highest BCUT2D eigenvalue weighted by Crippen LogP contribution is 2.35. The number of nitrogens with zero attached hydrogens (tertiary/aromatic N) is 2. The Morgan fingerprint density at radius 3 is 2.24 bits per heavy atom.